The summed E-state index contributed by atoms with van der Waals surface area (Å²) in [5, 5.41) is 10.5. The lowest BCUT2D eigenvalue weighted by molar-refractivity contribution is -0.138. The molecule has 0 aromatic heterocycles. The van der Waals surface area contributed by atoms with Crippen LogP contribution in [0.1, 0.15) is 18.4 Å². The van der Waals surface area contributed by atoms with Crippen LogP contribution in [0.2, 0.25) is 0 Å². The number of hydrogen-bond donors (Lipinski definition) is 1. The smallest absolute Gasteiger partial charge is 0.310 e. The highest BCUT2D eigenvalue weighted by Gasteiger charge is 2.13. The average molecular weight is 218 g/mol. The maximum Gasteiger partial charge on any atom is 0.310 e. The molecule has 1 atom stereocenters. The van der Waals surface area contributed by atoms with Crippen LogP contribution in [0.25, 0.3) is 10.8 Å². The van der Waals surface area contributed by atoms with Crippen molar-refractivity contribution in [3.05, 3.63) is 47.8 Å². The van der Waals surface area contributed by atoms with E-state index < -0.39 is 11.9 Å². The summed E-state index contributed by atoms with van der Waals surface area (Å²) in [6.45, 7) is 1.63. The fraction of sp³-hybridized carbons (Fsp3) is 0.154. The Hall–Kier alpha value is -1.90. The van der Waals surface area contributed by atoms with Crippen LogP contribution in [-0.4, -0.2) is 11.1 Å². The molecular formula is C13H11FO2. The van der Waals surface area contributed by atoms with Crippen molar-refractivity contribution >= 4 is 16.7 Å². The Morgan fingerprint density at radius 1 is 1.19 bits per heavy atom. The lowest BCUT2D eigenvalue weighted by Crippen LogP contribution is -2.06. The van der Waals surface area contributed by atoms with E-state index in [-0.39, 0.29) is 5.82 Å². The maximum atomic E-state index is 12.9. The van der Waals surface area contributed by atoms with E-state index in [9.17, 15) is 9.18 Å². The molecule has 0 aliphatic carbocycles. The van der Waals surface area contributed by atoms with Crippen molar-refractivity contribution in [2.75, 3.05) is 0 Å². The van der Waals surface area contributed by atoms with Crippen molar-refractivity contribution in [3.8, 4) is 0 Å². The molecule has 0 amide bonds. The molecule has 0 fully saturated rings. The number of carboxylic acid groups (broad SMARTS) is 1. The first-order valence-electron chi connectivity index (χ1n) is 5.00. The second kappa shape index (κ2) is 3.93. The highest BCUT2D eigenvalue weighted by molar-refractivity contribution is 5.85. The van der Waals surface area contributed by atoms with Crippen LogP contribution in [0.3, 0.4) is 0 Å². The fourth-order valence-corrected chi connectivity index (χ4v) is 1.65. The second-order valence-corrected chi connectivity index (χ2v) is 3.81. The van der Waals surface area contributed by atoms with Gasteiger partial charge in [0.1, 0.15) is 5.82 Å². The Balaban J connectivity index is 2.52. The van der Waals surface area contributed by atoms with Crippen molar-refractivity contribution in [2.45, 2.75) is 12.8 Å². The summed E-state index contributed by atoms with van der Waals surface area (Å²) in [6.07, 6.45) is 0. The van der Waals surface area contributed by atoms with Gasteiger partial charge in [-0.05, 0) is 35.4 Å². The van der Waals surface area contributed by atoms with Crippen LogP contribution in [-0.2, 0) is 4.79 Å². The molecule has 2 aromatic carbocycles. The molecule has 2 rings (SSSR count). The molecule has 1 N–H and O–H groups in total. The van der Waals surface area contributed by atoms with Gasteiger partial charge in [0.15, 0.2) is 0 Å². The fourth-order valence-electron chi connectivity index (χ4n) is 1.65. The Labute approximate surface area is 92.3 Å². The first kappa shape index (κ1) is 10.6. The highest BCUT2D eigenvalue weighted by Crippen LogP contribution is 2.22. The third-order valence-corrected chi connectivity index (χ3v) is 2.70. The molecule has 0 aliphatic rings. The summed E-state index contributed by atoms with van der Waals surface area (Å²) >= 11 is 0. The summed E-state index contributed by atoms with van der Waals surface area (Å²) in [5.74, 6) is -1.69. The number of rotatable bonds is 2. The zero-order valence-corrected chi connectivity index (χ0v) is 8.77. The Kier molecular flexibility index (Phi) is 2.60. The largest absolute Gasteiger partial charge is 0.481 e. The Morgan fingerprint density at radius 2 is 1.81 bits per heavy atom. The molecule has 2 aromatic rings. The van der Waals surface area contributed by atoms with Crippen molar-refractivity contribution < 1.29 is 14.3 Å². The molecule has 0 heterocycles. The predicted molar refractivity (Wildman–Crippen MR) is 60.0 cm³/mol. The number of carboxylic acids is 1. The van der Waals surface area contributed by atoms with Crippen LogP contribution in [0, 0.1) is 5.82 Å². The molecule has 2 nitrogen and oxygen atoms in total. The summed E-state index contributed by atoms with van der Waals surface area (Å²) in [6, 6.07) is 9.71. The number of aliphatic carboxylic acids is 1. The van der Waals surface area contributed by atoms with Crippen molar-refractivity contribution in [3.63, 3.8) is 0 Å². The van der Waals surface area contributed by atoms with Gasteiger partial charge in [-0.1, -0.05) is 24.3 Å². The predicted octanol–water partition coefficient (Wildman–Crippen LogP) is 3.17. The third-order valence-electron chi connectivity index (χ3n) is 2.70. The van der Waals surface area contributed by atoms with Gasteiger partial charge >= 0.3 is 5.97 Å². The van der Waals surface area contributed by atoms with E-state index in [4.69, 9.17) is 5.11 Å². The van der Waals surface area contributed by atoms with Crippen LogP contribution >= 0.6 is 0 Å². The molecule has 0 radical (unpaired) electrons. The van der Waals surface area contributed by atoms with Crippen LogP contribution < -0.4 is 0 Å². The summed E-state index contributed by atoms with van der Waals surface area (Å²) < 4.78 is 12.9. The highest BCUT2D eigenvalue weighted by atomic mass is 19.1. The summed E-state index contributed by atoms with van der Waals surface area (Å²) in [4.78, 5) is 10.8. The normalized spacial score (nSPS) is 12.6. The van der Waals surface area contributed by atoms with Crippen LogP contribution in [0.15, 0.2) is 36.4 Å². The van der Waals surface area contributed by atoms with Crippen molar-refractivity contribution in [1.82, 2.24) is 0 Å². The first-order valence-corrected chi connectivity index (χ1v) is 5.00. The van der Waals surface area contributed by atoms with E-state index in [0.29, 0.717) is 0 Å². The lowest BCUT2D eigenvalue weighted by atomic mass is 9.98. The van der Waals surface area contributed by atoms with Gasteiger partial charge in [-0.25, -0.2) is 4.39 Å². The number of carbonyl (C=O) groups is 1. The lowest BCUT2D eigenvalue weighted by Gasteiger charge is -2.07. The van der Waals surface area contributed by atoms with E-state index >= 15 is 0 Å². The van der Waals surface area contributed by atoms with E-state index in [2.05, 4.69) is 0 Å². The van der Waals surface area contributed by atoms with Crippen molar-refractivity contribution in [1.29, 1.82) is 0 Å². The minimum atomic E-state index is -0.860. The topological polar surface area (TPSA) is 37.3 Å². The standard InChI is InChI=1S/C13H11FO2/c1-8(13(15)16)9-2-3-11-7-12(14)5-4-10(11)6-9/h2-8H,1H3,(H,15,16)/t8-/m0/s1. The van der Waals surface area contributed by atoms with Gasteiger partial charge in [0.05, 0.1) is 5.92 Å². The molecule has 0 aliphatic heterocycles. The minimum absolute atomic E-state index is 0.286. The molecular weight excluding hydrogens is 207 g/mol. The average Bonchev–Trinajstić information content (AvgIpc) is 2.27. The van der Waals surface area contributed by atoms with Crippen LogP contribution in [0.4, 0.5) is 4.39 Å². The molecule has 16 heavy (non-hydrogen) atoms. The number of hydrogen-bond acceptors (Lipinski definition) is 1. The minimum Gasteiger partial charge on any atom is -0.481 e. The van der Waals surface area contributed by atoms with E-state index in [1.165, 1.54) is 12.1 Å². The van der Waals surface area contributed by atoms with E-state index in [1.807, 2.05) is 0 Å². The Bertz CT molecular complexity index is 549. The quantitative estimate of drug-likeness (QED) is 0.840. The summed E-state index contributed by atoms with van der Waals surface area (Å²) in [7, 11) is 0. The van der Waals surface area contributed by atoms with Gasteiger partial charge in [-0.15, -0.1) is 0 Å². The number of halogens is 1. The van der Waals surface area contributed by atoms with Crippen LogP contribution in [0.5, 0.6) is 0 Å². The molecule has 3 heteroatoms. The van der Waals surface area contributed by atoms with Gasteiger partial charge in [-0.2, -0.15) is 0 Å². The zero-order chi connectivity index (χ0) is 11.7. The van der Waals surface area contributed by atoms with Gasteiger partial charge < -0.3 is 5.11 Å². The molecule has 0 saturated carbocycles. The second-order valence-electron chi connectivity index (χ2n) is 3.81. The van der Waals surface area contributed by atoms with Gasteiger partial charge in [0, 0.05) is 0 Å². The van der Waals surface area contributed by atoms with Gasteiger partial charge in [-0.3, -0.25) is 4.79 Å². The van der Waals surface area contributed by atoms with Gasteiger partial charge in [0.25, 0.3) is 0 Å². The van der Waals surface area contributed by atoms with Gasteiger partial charge in [0.2, 0.25) is 0 Å². The maximum absolute atomic E-state index is 12.9. The number of fused-ring (bicyclic) bond motifs is 1. The molecule has 0 bridgehead atoms. The molecule has 0 spiro atoms. The number of benzene rings is 2. The zero-order valence-electron chi connectivity index (χ0n) is 8.77. The molecule has 0 saturated heterocycles. The third kappa shape index (κ3) is 1.89. The van der Waals surface area contributed by atoms with Crippen molar-refractivity contribution in [2.24, 2.45) is 0 Å². The van der Waals surface area contributed by atoms with E-state index in [1.54, 1.807) is 31.2 Å². The summed E-state index contributed by atoms with van der Waals surface area (Å²) in [5.41, 5.74) is 0.728. The molecule has 82 valence electrons. The first-order chi connectivity index (χ1) is 7.58. The monoisotopic (exact) mass is 218 g/mol. The van der Waals surface area contributed by atoms with E-state index in [0.717, 1.165) is 16.3 Å². The SMILES string of the molecule is C[C@H](C(=O)O)c1ccc2cc(F)ccc2c1. The molecule has 0 unspecified atom stereocenters. The Morgan fingerprint density at radius 3 is 2.50 bits per heavy atom.